The standard InChI is InChI=1S/C6H13NO4/c1-10-6-5(9)4(8)3(2-7)11-6/h3-6,8-9H,2,7H2,1H3/t3-,4-,5-,6-/m1/s1. The SMILES string of the molecule is CO[C@@H]1O[C@H](CN)[C@@H](O)[C@H]1O. The van der Waals surface area contributed by atoms with Gasteiger partial charge in [-0.1, -0.05) is 0 Å². The second-order valence-corrected chi connectivity index (χ2v) is 2.50. The van der Waals surface area contributed by atoms with Crippen molar-refractivity contribution in [2.75, 3.05) is 13.7 Å². The molecule has 1 fully saturated rings. The van der Waals surface area contributed by atoms with Gasteiger partial charge < -0.3 is 25.4 Å². The first kappa shape index (κ1) is 8.89. The summed E-state index contributed by atoms with van der Waals surface area (Å²) in [7, 11) is 1.40. The van der Waals surface area contributed by atoms with Gasteiger partial charge in [-0.3, -0.25) is 0 Å². The van der Waals surface area contributed by atoms with E-state index >= 15 is 0 Å². The smallest absolute Gasteiger partial charge is 0.186 e. The molecular weight excluding hydrogens is 150 g/mol. The quantitative estimate of drug-likeness (QED) is 0.440. The van der Waals surface area contributed by atoms with Crippen LogP contribution in [0.3, 0.4) is 0 Å². The summed E-state index contributed by atoms with van der Waals surface area (Å²) < 4.78 is 9.78. The van der Waals surface area contributed by atoms with E-state index in [1.165, 1.54) is 7.11 Å². The lowest BCUT2D eigenvalue weighted by atomic mass is 10.1. The highest BCUT2D eigenvalue weighted by molar-refractivity contribution is 4.86. The Morgan fingerprint density at radius 3 is 2.36 bits per heavy atom. The summed E-state index contributed by atoms with van der Waals surface area (Å²) in [6.07, 6.45) is -3.20. The minimum Gasteiger partial charge on any atom is -0.387 e. The molecule has 1 aliphatic heterocycles. The molecule has 4 atom stereocenters. The predicted octanol–water partition coefficient (Wildman–Crippen LogP) is -1.96. The van der Waals surface area contributed by atoms with Crippen molar-refractivity contribution in [3.05, 3.63) is 0 Å². The van der Waals surface area contributed by atoms with Gasteiger partial charge >= 0.3 is 0 Å². The summed E-state index contributed by atoms with van der Waals surface area (Å²) in [5.74, 6) is 0. The van der Waals surface area contributed by atoms with Gasteiger partial charge in [-0.25, -0.2) is 0 Å². The lowest BCUT2D eigenvalue weighted by Crippen LogP contribution is -2.36. The van der Waals surface area contributed by atoms with Crippen molar-refractivity contribution in [2.24, 2.45) is 5.73 Å². The molecule has 0 spiro atoms. The van der Waals surface area contributed by atoms with Gasteiger partial charge in [0.1, 0.15) is 18.3 Å². The molecule has 0 aromatic rings. The number of ether oxygens (including phenoxy) is 2. The second kappa shape index (κ2) is 3.46. The molecule has 0 unspecified atom stereocenters. The topological polar surface area (TPSA) is 84.9 Å². The van der Waals surface area contributed by atoms with Crippen LogP contribution in [0, 0.1) is 0 Å². The summed E-state index contributed by atoms with van der Waals surface area (Å²) >= 11 is 0. The van der Waals surface area contributed by atoms with Crippen LogP contribution in [0.2, 0.25) is 0 Å². The third-order valence-corrected chi connectivity index (χ3v) is 1.78. The maximum atomic E-state index is 9.22. The summed E-state index contributed by atoms with van der Waals surface area (Å²) in [4.78, 5) is 0. The average Bonchev–Trinajstić information content (AvgIpc) is 2.30. The van der Waals surface area contributed by atoms with E-state index in [1.807, 2.05) is 0 Å². The molecular formula is C6H13NO4. The third kappa shape index (κ3) is 1.52. The van der Waals surface area contributed by atoms with Crippen LogP contribution >= 0.6 is 0 Å². The van der Waals surface area contributed by atoms with Crippen LogP contribution in [0.25, 0.3) is 0 Å². The Morgan fingerprint density at radius 2 is 2.09 bits per heavy atom. The van der Waals surface area contributed by atoms with Gasteiger partial charge in [-0.05, 0) is 0 Å². The first-order valence-corrected chi connectivity index (χ1v) is 3.45. The van der Waals surface area contributed by atoms with Gasteiger partial charge in [0.2, 0.25) is 0 Å². The zero-order valence-corrected chi connectivity index (χ0v) is 6.30. The first-order valence-electron chi connectivity index (χ1n) is 3.45. The number of nitrogens with two attached hydrogens (primary N) is 1. The molecule has 0 aromatic heterocycles. The van der Waals surface area contributed by atoms with Gasteiger partial charge in [-0.2, -0.15) is 0 Å². The van der Waals surface area contributed by atoms with E-state index in [0.717, 1.165) is 0 Å². The highest BCUT2D eigenvalue weighted by Gasteiger charge is 2.41. The van der Waals surface area contributed by atoms with Crippen molar-refractivity contribution in [3.8, 4) is 0 Å². The number of methoxy groups -OCH3 is 1. The Morgan fingerprint density at radius 1 is 1.45 bits per heavy atom. The number of aliphatic hydroxyl groups is 2. The van der Waals surface area contributed by atoms with Gasteiger partial charge in [0.05, 0.1) is 0 Å². The minimum absolute atomic E-state index is 0.179. The van der Waals surface area contributed by atoms with Crippen molar-refractivity contribution in [1.82, 2.24) is 0 Å². The Kier molecular flexibility index (Phi) is 2.80. The van der Waals surface area contributed by atoms with Crippen molar-refractivity contribution in [1.29, 1.82) is 0 Å². The molecule has 4 N–H and O–H groups in total. The zero-order valence-electron chi connectivity index (χ0n) is 6.30. The molecule has 11 heavy (non-hydrogen) atoms. The van der Waals surface area contributed by atoms with Gasteiger partial charge in [0.15, 0.2) is 6.29 Å². The zero-order chi connectivity index (χ0) is 8.43. The van der Waals surface area contributed by atoms with Crippen LogP contribution in [0.5, 0.6) is 0 Å². The van der Waals surface area contributed by atoms with E-state index in [9.17, 15) is 10.2 Å². The van der Waals surface area contributed by atoms with Gasteiger partial charge in [0, 0.05) is 13.7 Å². The average molecular weight is 163 g/mol. The monoisotopic (exact) mass is 163 g/mol. The molecule has 1 aliphatic rings. The fourth-order valence-corrected chi connectivity index (χ4v) is 1.10. The molecule has 5 heteroatoms. The first-order chi connectivity index (χ1) is 5.20. The Balaban J connectivity index is 2.53. The minimum atomic E-state index is -0.992. The predicted molar refractivity (Wildman–Crippen MR) is 36.7 cm³/mol. The molecule has 0 bridgehead atoms. The Hall–Kier alpha value is -0.200. The van der Waals surface area contributed by atoms with Crippen LogP contribution in [-0.4, -0.2) is 48.5 Å². The number of aliphatic hydroxyl groups excluding tert-OH is 2. The Bertz CT molecular complexity index is 114. The van der Waals surface area contributed by atoms with E-state index in [2.05, 4.69) is 0 Å². The van der Waals surface area contributed by atoms with Crippen LogP contribution < -0.4 is 5.73 Å². The largest absolute Gasteiger partial charge is 0.387 e. The molecule has 66 valence electrons. The molecule has 1 saturated heterocycles. The van der Waals surface area contributed by atoms with Crippen LogP contribution in [-0.2, 0) is 9.47 Å². The Labute approximate surface area is 64.7 Å². The van der Waals surface area contributed by atoms with Crippen molar-refractivity contribution < 1.29 is 19.7 Å². The van der Waals surface area contributed by atoms with Crippen molar-refractivity contribution in [2.45, 2.75) is 24.6 Å². The molecule has 0 saturated carbocycles. The number of hydrogen-bond donors (Lipinski definition) is 3. The van der Waals surface area contributed by atoms with E-state index < -0.39 is 24.6 Å². The van der Waals surface area contributed by atoms with Crippen LogP contribution in [0.15, 0.2) is 0 Å². The lowest BCUT2D eigenvalue weighted by molar-refractivity contribution is -0.147. The van der Waals surface area contributed by atoms with Gasteiger partial charge in [-0.15, -0.1) is 0 Å². The summed E-state index contributed by atoms with van der Waals surface area (Å²) in [6.45, 7) is 0.179. The summed E-state index contributed by atoms with van der Waals surface area (Å²) in [5, 5.41) is 18.4. The molecule has 5 nitrogen and oxygen atoms in total. The fourth-order valence-electron chi connectivity index (χ4n) is 1.10. The molecule has 0 aliphatic carbocycles. The normalized spacial score (nSPS) is 44.7. The van der Waals surface area contributed by atoms with Crippen LogP contribution in [0.1, 0.15) is 0 Å². The van der Waals surface area contributed by atoms with E-state index in [-0.39, 0.29) is 6.54 Å². The van der Waals surface area contributed by atoms with E-state index in [4.69, 9.17) is 15.2 Å². The van der Waals surface area contributed by atoms with E-state index in [1.54, 1.807) is 0 Å². The van der Waals surface area contributed by atoms with Crippen molar-refractivity contribution >= 4 is 0 Å². The fraction of sp³-hybridized carbons (Fsp3) is 1.00. The molecule has 0 aromatic carbocycles. The molecule has 1 rings (SSSR count). The molecule has 0 amide bonds. The van der Waals surface area contributed by atoms with Gasteiger partial charge in [0.25, 0.3) is 0 Å². The maximum absolute atomic E-state index is 9.22. The molecule has 0 radical (unpaired) electrons. The second-order valence-electron chi connectivity index (χ2n) is 2.50. The van der Waals surface area contributed by atoms with Crippen LogP contribution in [0.4, 0.5) is 0 Å². The third-order valence-electron chi connectivity index (χ3n) is 1.78. The lowest BCUT2D eigenvalue weighted by Gasteiger charge is -2.11. The number of rotatable bonds is 2. The van der Waals surface area contributed by atoms with E-state index in [0.29, 0.717) is 0 Å². The maximum Gasteiger partial charge on any atom is 0.186 e. The number of hydrogen-bond acceptors (Lipinski definition) is 5. The highest BCUT2D eigenvalue weighted by atomic mass is 16.7. The van der Waals surface area contributed by atoms with Crippen molar-refractivity contribution in [3.63, 3.8) is 0 Å². The molecule has 1 heterocycles. The summed E-state index contributed by atoms with van der Waals surface area (Å²) in [6, 6.07) is 0. The highest BCUT2D eigenvalue weighted by Crippen LogP contribution is 2.20. The summed E-state index contributed by atoms with van der Waals surface area (Å²) in [5.41, 5.74) is 5.25.